The molecule has 5 nitrogen and oxygen atoms in total. The quantitative estimate of drug-likeness (QED) is 0.666. The minimum Gasteiger partial charge on any atom is -0.318 e. The number of amidine groups is 2. The molecule has 0 radical (unpaired) electrons. The number of nitrogens with one attached hydrogen (secondary N) is 1. The summed E-state index contributed by atoms with van der Waals surface area (Å²) in [6.45, 7) is 5.96. The number of carbonyl (C=O) groups excluding carboxylic acids is 1. The second-order valence-corrected chi connectivity index (χ2v) is 8.21. The Morgan fingerprint density at radius 1 is 1.22 bits per heavy atom. The lowest BCUT2D eigenvalue weighted by molar-refractivity contribution is -0.114. The molecule has 4 rings (SSSR count). The largest absolute Gasteiger partial charge is 0.318 e. The van der Waals surface area contributed by atoms with Gasteiger partial charge in [-0.3, -0.25) is 15.1 Å². The number of amides is 1. The van der Waals surface area contributed by atoms with E-state index in [0.29, 0.717) is 10.7 Å². The highest BCUT2D eigenvalue weighted by Crippen LogP contribution is 2.32. The number of benzene rings is 1. The fourth-order valence-corrected chi connectivity index (χ4v) is 4.59. The van der Waals surface area contributed by atoms with Crippen LogP contribution in [0.2, 0.25) is 0 Å². The fraction of sp³-hybridized carbons (Fsp3) is 0.150. The smallest absolute Gasteiger partial charge is 0.283 e. The number of aryl methyl sites for hydroxylation is 1. The van der Waals surface area contributed by atoms with E-state index in [9.17, 15) is 4.79 Å². The zero-order chi connectivity index (χ0) is 19.3. The third-order valence-electron chi connectivity index (χ3n) is 4.62. The minimum atomic E-state index is -0.367. The van der Waals surface area contributed by atoms with Crippen molar-refractivity contribution in [1.29, 1.82) is 5.41 Å². The molecular weight excluding hydrogens is 424 g/mol. The van der Waals surface area contributed by atoms with Gasteiger partial charge in [-0.2, -0.15) is 4.99 Å². The monoisotopic (exact) mass is 440 g/mol. The maximum Gasteiger partial charge on any atom is 0.283 e. The number of hydrogen-bond donors (Lipinski definition) is 1. The van der Waals surface area contributed by atoms with Crippen molar-refractivity contribution >= 4 is 50.7 Å². The molecule has 27 heavy (non-hydrogen) atoms. The van der Waals surface area contributed by atoms with Crippen molar-refractivity contribution in [3.63, 3.8) is 0 Å². The zero-order valence-electron chi connectivity index (χ0n) is 15.1. The van der Waals surface area contributed by atoms with Gasteiger partial charge < -0.3 is 4.57 Å². The summed E-state index contributed by atoms with van der Waals surface area (Å²) >= 11 is 4.89. The van der Waals surface area contributed by atoms with E-state index in [-0.39, 0.29) is 11.7 Å². The first-order valence-electron chi connectivity index (χ1n) is 8.39. The Bertz CT molecular complexity index is 1090. The number of aromatic nitrogens is 1. The van der Waals surface area contributed by atoms with Gasteiger partial charge in [0.25, 0.3) is 5.91 Å². The van der Waals surface area contributed by atoms with Gasteiger partial charge in [0.1, 0.15) is 5.84 Å². The number of carbonyl (C=O) groups is 1. The SMILES string of the molecule is CC1=CSC2=NC(=O)/C(=C\c3cc(C)n(-c4cccc(Br)c4)c3C)C(=N)N12. The van der Waals surface area contributed by atoms with Gasteiger partial charge in [-0.25, -0.2) is 0 Å². The Balaban J connectivity index is 1.79. The van der Waals surface area contributed by atoms with E-state index in [2.05, 4.69) is 31.6 Å². The van der Waals surface area contributed by atoms with E-state index in [1.807, 2.05) is 50.4 Å². The van der Waals surface area contributed by atoms with Crippen LogP contribution in [0.1, 0.15) is 23.9 Å². The summed E-state index contributed by atoms with van der Waals surface area (Å²) in [6, 6.07) is 10.1. The summed E-state index contributed by atoms with van der Waals surface area (Å²) in [7, 11) is 0. The molecule has 0 atom stereocenters. The van der Waals surface area contributed by atoms with Gasteiger partial charge in [-0.05, 0) is 62.1 Å². The second-order valence-electron chi connectivity index (χ2n) is 6.46. The van der Waals surface area contributed by atoms with Gasteiger partial charge in [0.05, 0.1) is 5.57 Å². The fourth-order valence-electron chi connectivity index (χ4n) is 3.34. The molecule has 2 aromatic rings. The Labute approximate surface area is 170 Å². The molecule has 0 saturated heterocycles. The maximum atomic E-state index is 12.5. The van der Waals surface area contributed by atoms with Crippen LogP contribution in [0.4, 0.5) is 0 Å². The van der Waals surface area contributed by atoms with Gasteiger partial charge in [0.15, 0.2) is 5.17 Å². The summed E-state index contributed by atoms with van der Waals surface area (Å²) in [5.74, 6) is -0.190. The average Bonchev–Trinajstić information content (AvgIpc) is 3.11. The molecule has 0 bridgehead atoms. The van der Waals surface area contributed by atoms with Crippen LogP contribution >= 0.6 is 27.7 Å². The lowest BCUT2D eigenvalue weighted by Crippen LogP contribution is -2.37. The van der Waals surface area contributed by atoms with Gasteiger partial charge in [0.2, 0.25) is 0 Å². The molecule has 1 aromatic heterocycles. The van der Waals surface area contributed by atoms with Gasteiger partial charge >= 0.3 is 0 Å². The van der Waals surface area contributed by atoms with E-state index >= 15 is 0 Å². The Hall–Kier alpha value is -2.38. The highest BCUT2D eigenvalue weighted by molar-refractivity contribution is 9.10. The molecule has 3 heterocycles. The van der Waals surface area contributed by atoms with Crippen LogP contribution in [0.5, 0.6) is 0 Å². The van der Waals surface area contributed by atoms with Gasteiger partial charge in [-0.1, -0.05) is 33.8 Å². The summed E-state index contributed by atoms with van der Waals surface area (Å²) in [4.78, 5) is 18.4. The molecule has 7 heteroatoms. The van der Waals surface area contributed by atoms with Crippen molar-refractivity contribution in [2.24, 2.45) is 4.99 Å². The predicted octanol–water partition coefficient (Wildman–Crippen LogP) is 5.02. The van der Waals surface area contributed by atoms with Crippen LogP contribution < -0.4 is 0 Å². The Morgan fingerprint density at radius 3 is 2.74 bits per heavy atom. The predicted molar refractivity (Wildman–Crippen MR) is 114 cm³/mol. The minimum absolute atomic E-state index is 0.177. The van der Waals surface area contributed by atoms with Crippen molar-refractivity contribution < 1.29 is 4.79 Å². The van der Waals surface area contributed by atoms with Crippen molar-refractivity contribution in [3.05, 3.63) is 68.4 Å². The molecule has 136 valence electrons. The topological polar surface area (TPSA) is 61.5 Å². The van der Waals surface area contributed by atoms with E-state index in [1.165, 1.54) is 11.8 Å². The number of rotatable bonds is 2. The highest BCUT2D eigenvalue weighted by Gasteiger charge is 2.34. The first-order valence-corrected chi connectivity index (χ1v) is 10.1. The number of allylic oxidation sites excluding steroid dienone is 1. The van der Waals surface area contributed by atoms with Crippen LogP contribution in [-0.4, -0.2) is 26.4 Å². The average molecular weight is 441 g/mol. The molecule has 2 aliphatic heterocycles. The number of aliphatic imine (C=N–C) groups is 1. The molecule has 2 aliphatic rings. The molecular formula is C20H17BrN4OS. The number of fused-ring (bicyclic) bond motifs is 1. The van der Waals surface area contributed by atoms with E-state index in [4.69, 9.17) is 5.41 Å². The van der Waals surface area contributed by atoms with Crippen LogP contribution in [0.15, 0.2) is 56.5 Å². The van der Waals surface area contributed by atoms with E-state index in [1.54, 1.807) is 11.0 Å². The molecule has 1 N–H and O–H groups in total. The summed E-state index contributed by atoms with van der Waals surface area (Å²) < 4.78 is 3.15. The maximum absolute atomic E-state index is 12.5. The normalized spacial score (nSPS) is 18.1. The van der Waals surface area contributed by atoms with Crippen molar-refractivity contribution in [2.75, 3.05) is 0 Å². The zero-order valence-corrected chi connectivity index (χ0v) is 17.5. The lowest BCUT2D eigenvalue weighted by atomic mass is 10.1. The lowest BCUT2D eigenvalue weighted by Gasteiger charge is -2.25. The summed E-state index contributed by atoms with van der Waals surface area (Å²) in [5, 5.41) is 11.0. The third-order valence-corrected chi connectivity index (χ3v) is 6.06. The summed E-state index contributed by atoms with van der Waals surface area (Å²) in [6.07, 6.45) is 1.78. The van der Waals surface area contributed by atoms with Crippen LogP contribution in [0, 0.1) is 19.3 Å². The molecule has 1 amide bonds. The number of nitrogens with zero attached hydrogens (tertiary/aromatic N) is 3. The van der Waals surface area contributed by atoms with Gasteiger partial charge in [-0.15, -0.1) is 0 Å². The number of hydrogen-bond acceptors (Lipinski definition) is 3. The first-order chi connectivity index (χ1) is 12.9. The third kappa shape index (κ3) is 3.00. The van der Waals surface area contributed by atoms with Crippen LogP contribution in [-0.2, 0) is 4.79 Å². The van der Waals surface area contributed by atoms with E-state index in [0.717, 1.165) is 32.8 Å². The molecule has 0 fully saturated rings. The standard InChI is InChI=1S/C20H17BrN4OS/c1-11-7-14(13(3)24(11)16-6-4-5-15(21)9-16)8-17-18(22)25-12(2)10-27-20(25)23-19(17)26/h4-10,22H,1-3H3/b17-8-,22-18?. The molecule has 0 saturated carbocycles. The van der Waals surface area contributed by atoms with Crippen molar-refractivity contribution in [2.45, 2.75) is 20.8 Å². The van der Waals surface area contributed by atoms with Crippen LogP contribution in [0.25, 0.3) is 11.8 Å². The molecule has 1 aromatic carbocycles. The Kier molecular flexibility index (Phi) is 4.44. The second kappa shape index (κ2) is 6.65. The molecule has 0 unspecified atom stereocenters. The van der Waals surface area contributed by atoms with Crippen molar-refractivity contribution in [1.82, 2.24) is 9.47 Å². The molecule has 0 spiro atoms. The molecule has 0 aliphatic carbocycles. The first kappa shape index (κ1) is 18.0. The van der Waals surface area contributed by atoms with Gasteiger partial charge in [0, 0.05) is 27.2 Å². The summed E-state index contributed by atoms with van der Waals surface area (Å²) in [5.41, 5.74) is 5.24. The highest BCUT2D eigenvalue weighted by atomic mass is 79.9. The Morgan fingerprint density at radius 2 is 2.00 bits per heavy atom. The van der Waals surface area contributed by atoms with Crippen molar-refractivity contribution in [3.8, 4) is 5.69 Å². The van der Waals surface area contributed by atoms with Crippen LogP contribution in [0.3, 0.4) is 0 Å². The number of thioether (sulfide) groups is 1. The van der Waals surface area contributed by atoms with E-state index < -0.39 is 0 Å². The number of halogens is 1.